The van der Waals surface area contributed by atoms with Gasteiger partial charge in [0.15, 0.2) is 5.88 Å². The lowest BCUT2D eigenvalue weighted by molar-refractivity contribution is -0.142. The SMILES string of the molecule is CC1=C(OCCC(F)(F)F)NCC(C(C)N2Cc3c(ccnc3Cl)C2=O)=C1. The molecule has 0 fully saturated rings. The Kier molecular flexibility index (Phi) is 5.37. The largest absolute Gasteiger partial charge is 0.479 e. The second-order valence-corrected chi connectivity index (χ2v) is 6.89. The zero-order valence-corrected chi connectivity index (χ0v) is 15.6. The molecule has 0 radical (unpaired) electrons. The second kappa shape index (κ2) is 7.42. The summed E-state index contributed by atoms with van der Waals surface area (Å²) in [5, 5.41) is 3.32. The van der Waals surface area contributed by atoms with Gasteiger partial charge in [-0.3, -0.25) is 4.79 Å². The van der Waals surface area contributed by atoms with Crippen LogP contribution in [0.15, 0.2) is 35.4 Å². The highest BCUT2D eigenvalue weighted by molar-refractivity contribution is 6.30. The molecule has 1 unspecified atom stereocenters. The van der Waals surface area contributed by atoms with Gasteiger partial charge in [0.05, 0.1) is 25.6 Å². The number of amides is 1. The normalized spacial score (nSPS) is 18.2. The van der Waals surface area contributed by atoms with Crippen LogP contribution < -0.4 is 5.32 Å². The van der Waals surface area contributed by atoms with Gasteiger partial charge in [0, 0.05) is 29.4 Å². The monoisotopic (exact) mass is 401 g/mol. The molecule has 2 aliphatic heterocycles. The average Bonchev–Trinajstić information content (AvgIpc) is 2.93. The molecule has 1 aromatic heterocycles. The van der Waals surface area contributed by atoms with E-state index in [1.165, 1.54) is 6.20 Å². The number of dihydropyridines is 1. The van der Waals surface area contributed by atoms with Gasteiger partial charge in [-0.05, 0) is 25.5 Å². The average molecular weight is 402 g/mol. The molecule has 1 amide bonds. The molecule has 0 saturated heterocycles. The van der Waals surface area contributed by atoms with Gasteiger partial charge in [0.25, 0.3) is 5.91 Å². The molecule has 1 N–H and O–H groups in total. The molecule has 3 heterocycles. The van der Waals surface area contributed by atoms with Crippen molar-refractivity contribution in [2.75, 3.05) is 13.2 Å². The van der Waals surface area contributed by atoms with E-state index in [-0.39, 0.29) is 11.9 Å². The third kappa shape index (κ3) is 4.21. The van der Waals surface area contributed by atoms with E-state index < -0.39 is 19.2 Å². The molecule has 3 rings (SSSR count). The smallest absolute Gasteiger partial charge is 0.392 e. The lowest BCUT2D eigenvalue weighted by Crippen LogP contribution is -2.39. The zero-order chi connectivity index (χ0) is 19.8. The van der Waals surface area contributed by atoms with E-state index in [0.717, 1.165) is 5.57 Å². The van der Waals surface area contributed by atoms with Crippen LogP contribution >= 0.6 is 11.6 Å². The highest BCUT2D eigenvalue weighted by Gasteiger charge is 2.34. The van der Waals surface area contributed by atoms with Crippen molar-refractivity contribution < 1.29 is 22.7 Å². The first-order valence-corrected chi connectivity index (χ1v) is 8.84. The molecule has 0 saturated carbocycles. The number of nitrogens with one attached hydrogen (secondary N) is 1. The number of carbonyl (C=O) groups is 1. The lowest BCUT2D eigenvalue weighted by Gasteiger charge is -2.30. The fraction of sp³-hybridized carbons (Fsp3) is 0.444. The van der Waals surface area contributed by atoms with Crippen molar-refractivity contribution in [1.82, 2.24) is 15.2 Å². The summed E-state index contributed by atoms with van der Waals surface area (Å²) >= 11 is 6.09. The number of nitrogens with zero attached hydrogens (tertiary/aromatic N) is 2. The van der Waals surface area contributed by atoms with Gasteiger partial charge in [-0.1, -0.05) is 17.7 Å². The van der Waals surface area contributed by atoms with Gasteiger partial charge in [-0.2, -0.15) is 13.2 Å². The van der Waals surface area contributed by atoms with Gasteiger partial charge < -0.3 is 15.0 Å². The molecule has 146 valence electrons. The molecular weight excluding hydrogens is 383 g/mol. The molecule has 1 atom stereocenters. The maximum atomic E-state index is 12.7. The standard InChI is InChI=1S/C18H19ClF3N3O2/c1-10-7-12(8-24-16(10)27-6-4-18(20,21)22)11(2)25-9-14-13(17(25)26)3-5-23-15(14)19/h3,5,7,11,24H,4,6,8-9H2,1-2H3. The molecule has 9 heteroatoms. The number of alkyl halides is 3. The number of ether oxygens (including phenoxy) is 1. The summed E-state index contributed by atoms with van der Waals surface area (Å²) in [6, 6.07) is 1.45. The van der Waals surface area contributed by atoms with Crippen LogP contribution in [0.3, 0.4) is 0 Å². The summed E-state index contributed by atoms with van der Waals surface area (Å²) in [5.41, 5.74) is 2.88. The summed E-state index contributed by atoms with van der Waals surface area (Å²) < 4.78 is 41.9. The second-order valence-electron chi connectivity index (χ2n) is 6.54. The summed E-state index contributed by atoms with van der Waals surface area (Å²) in [6.45, 7) is 3.97. The maximum absolute atomic E-state index is 12.7. The number of allylic oxidation sites excluding steroid dienone is 2. The van der Waals surface area contributed by atoms with Gasteiger partial charge in [0.2, 0.25) is 0 Å². The van der Waals surface area contributed by atoms with Crippen LogP contribution in [-0.4, -0.2) is 41.2 Å². The van der Waals surface area contributed by atoms with E-state index in [2.05, 4.69) is 10.3 Å². The van der Waals surface area contributed by atoms with E-state index in [0.29, 0.717) is 40.8 Å². The van der Waals surface area contributed by atoms with E-state index in [4.69, 9.17) is 16.3 Å². The Morgan fingerprint density at radius 2 is 2.19 bits per heavy atom. The fourth-order valence-corrected chi connectivity index (χ4v) is 3.36. The molecule has 0 spiro atoms. The Hall–Kier alpha value is -2.22. The van der Waals surface area contributed by atoms with Crippen molar-refractivity contribution in [3.05, 3.63) is 51.6 Å². The maximum Gasteiger partial charge on any atom is 0.392 e. The highest BCUT2D eigenvalue weighted by Crippen LogP contribution is 2.31. The minimum Gasteiger partial charge on any atom is -0.479 e. The first kappa shape index (κ1) is 19.5. The fourth-order valence-electron chi connectivity index (χ4n) is 3.15. The van der Waals surface area contributed by atoms with Crippen molar-refractivity contribution in [2.24, 2.45) is 0 Å². The van der Waals surface area contributed by atoms with Crippen molar-refractivity contribution in [3.8, 4) is 0 Å². The summed E-state index contributed by atoms with van der Waals surface area (Å²) in [7, 11) is 0. The molecule has 0 aliphatic carbocycles. The number of carbonyl (C=O) groups excluding carboxylic acids is 1. The number of rotatable bonds is 5. The summed E-state index contributed by atoms with van der Waals surface area (Å²) in [4.78, 5) is 18.4. The van der Waals surface area contributed by atoms with Crippen LogP contribution in [0, 0.1) is 0 Å². The van der Waals surface area contributed by atoms with Crippen LogP contribution in [0.5, 0.6) is 0 Å². The van der Waals surface area contributed by atoms with Gasteiger partial charge in [0.1, 0.15) is 5.15 Å². The molecule has 27 heavy (non-hydrogen) atoms. The number of hydrogen-bond donors (Lipinski definition) is 1. The van der Waals surface area contributed by atoms with Crippen molar-refractivity contribution in [2.45, 2.75) is 39.0 Å². The zero-order valence-electron chi connectivity index (χ0n) is 14.9. The molecule has 0 bridgehead atoms. The quantitative estimate of drug-likeness (QED) is 0.762. The van der Waals surface area contributed by atoms with E-state index in [9.17, 15) is 18.0 Å². The summed E-state index contributed by atoms with van der Waals surface area (Å²) in [5.74, 6) is 0.218. The predicted octanol–water partition coefficient (Wildman–Crippen LogP) is 3.81. The van der Waals surface area contributed by atoms with Crippen LogP contribution in [0.2, 0.25) is 5.15 Å². The number of pyridine rings is 1. The van der Waals surface area contributed by atoms with Crippen LogP contribution in [-0.2, 0) is 11.3 Å². The third-order valence-electron chi connectivity index (χ3n) is 4.67. The Morgan fingerprint density at radius 1 is 1.44 bits per heavy atom. The van der Waals surface area contributed by atoms with E-state index in [1.807, 2.05) is 13.0 Å². The number of fused-ring (bicyclic) bond motifs is 1. The van der Waals surface area contributed by atoms with Crippen LogP contribution in [0.4, 0.5) is 13.2 Å². The Morgan fingerprint density at radius 3 is 2.81 bits per heavy atom. The topological polar surface area (TPSA) is 54.5 Å². The van der Waals surface area contributed by atoms with Gasteiger partial charge in [-0.15, -0.1) is 0 Å². The Balaban J connectivity index is 1.70. The summed E-state index contributed by atoms with van der Waals surface area (Å²) in [6.07, 6.45) is -1.90. The van der Waals surface area contributed by atoms with E-state index in [1.54, 1.807) is 17.9 Å². The first-order valence-electron chi connectivity index (χ1n) is 8.46. The van der Waals surface area contributed by atoms with Crippen molar-refractivity contribution >= 4 is 17.5 Å². The molecule has 1 aromatic rings. The van der Waals surface area contributed by atoms with Gasteiger partial charge in [-0.25, -0.2) is 4.98 Å². The molecule has 5 nitrogen and oxygen atoms in total. The lowest BCUT2D eigenvalue weighted by atomic mass is 10.0. The number of aromatic nitrogens is 1. The Labute approximate surface area is 159 Å². The minimum atomic E-state index is -4.25. The molecular formula is C18H19ClF3N3O2. The first-order chi connectivity index (χ1) is 12.7. The van der Waals surface area contributed by atoms with E-state index >= 15 is 0 Å². The van der Waals surface area contributed by atoms with Gasteiger partial charge >= 0.3 is 6.18 Å². The van der Waals surface area contributed by atoms with Crippen molar-refractivity contribution in [3.63, 3.8) is 0 Å². The Bertz CT molecular complexity index is 821. The number of halogens is 4. The van der Waals surface area contributed by atoms with Crippen LogP contribution in [0.25, 0.3) is 0 Å². The third-order valence-corrected chi connectivity index (χ3v) is 5.00. The van der Waals surface area contributed by atoms with Crippen molar-refractivity contribution in [1.29, 1.82) is 0 Å². The molecule has 0 aromatic carbocycles. The van der Waals surface area contributed by atoms with Crippen LogP contribution in [0.1, 0.15) is 36.2 Å². The minimum absolute atomic E-state index is 0.114. The number of hydrogen-bond acceptors (Lipinski definition) is 4. The predicted molar refractivity (Wildman–Crippen MR) is 94.0 cm³/mol. The molecule has 2 aliphatic rings. The highest BCUT2D eigenvalue weighted by atomic mass is 35.5.